The summed E-state index contributed by atoms with van der Waals surface area (Å²) in [6.45, 7) is 14.8. The fraction of sp³-hybridized carbons (Fsp3) is 0.478. The van der Waals surface area contributed by atoms with Gasteiger partial charge in [-0.05, 0) is 48.4 Å². The molecule has 0 N–H and O–H groups in total. The summed E-state index contributed by atoms with van der Waals surface area (Å²) >= 11 is 0. The molecule has 0 saturated carbocycles. The third-order valence-corrected chi connectivity index (χ3v) is 3.56. The van der Waals surface area contributed by atoms with E-state index in [1.54, 1.807) is 0 Å². The lowest BCUT2D eigenvalue weighted by Gasteiger charge is -2.06. The van der Waals surface area contributed by atoms with E-state index in [0.717, 1.165) is 12.3 Å². The molecule has 0 aliphatic heterocycles. The molecule has 0 unspecified atom stereocenters. The highest BCUT2D eigenvalue weighted by atomic mass is 14.0. The van der Waals surface area contributed by atoms with Crippen molar-refractivity contribution in [3.05, 3.63) is 59.7 Å². The van der Waals surface area contributed by atoms with Gasteiger partial charge < -0.3 is 0 Å². The zero-order chi connectivity index (χ0) is 17.7. The molecule has 0 saturated heterocycles. The normalized spacial score (nSPS) is 10.7. The van der Waals surface area contributed by atoms with Crippen molar-refractivity contribution < 1.29 is 0 Å². The van der Waals surface area contributed by atoms with E-state index in [1.165, 1.54) is 34.8 Å². The third kappa shape index (κ3) is 8.59. The predicted octanol–water partition coefficient (Wildman–Crippen LogP) is 7.82. The zero-order valence-electron chi connectivity index (χ0n) is 16.3. The first-order valence-corrected chi connectivity index (χ1v) is 9.28. The molecular weight excluding hydrogens is 276 g/mol. The summed E-state index contributed by atoms with van der Waals surface area (Å²) in [5.74, 6) is 0.760. The fourth-order valence-corrected chi connectivity index (χ4v) is 2.27. The molecule has 23 heavy (non-hydrogen) atoms. The quantitative estimate of drug-likeness (QED) is 0.494. The minimum atomic E-state index is 0.760. The number of hydrogen-bond acceptors (Lipinski definition) is 0. The minimum absolute atomic E-state index is 0.760. The van der Waals surface area contributed by atoms with Crippen LogP contribution in [-0.4, -0.2) is 0 Å². The molecule has 0 heteroatoms. The Bertz CT molecular complexity index is 561. The van der Waals surface area contributed by atoms with Crippen molar-refractivity contribution in [3.8, 4) is 0 Å². The van der Waals surface area contributed by atoms with Gasteiger partial charge in [-0.1, -0.05) is 95.7 Å². The van der Waals surface area contributed by atoms with Crippen LogP contribution in [0.25, 0.3) is 10.8 Å². The summed E-state index contributed by atoms with van der Waals surface area (Å²) in [7, 11) is 0. The van der Waals surface area contributed by atoms with Crippen LogP contribution < -0.4 is 0 Å². The van der Waals surface area contributed by atoms with Crippen molar-refractivity contribution in [3.63, 3.8) is 0 Å². The van der Waals surface area contributed by atoms with Crippen LogP contribution in [0.3, 0.4) is 0 Å². The highest BCUT2D eigenvalue weighted by molar-refractivity contribution is 5.82. The molecule has 0 heterocycles. The SMILES string of the molecule is C/C(=C\CC(C)C)CCc1ccc2ccccc2c1.CC.CC. The first kappa shape index (κ1) is 21.4. The number of benzene rings is 2. The van der Waals surface area contributed by atoms with E-state index in [-0.39, 0.29) is 0 Å². The second-order valence-corrected chi connectivity index (χ2v) is 5.86. The summed E-state index contributed by atoms with van der Waals surface area (Å²) in [5.41, 5.74) is 2.96. The number of fused-ring (bicyclic) bond motifs is 1. The average molecular weight is 313 g/mol. The molecule has 0 aromatic heterocycles. The fourth-order valence-electron chi connectivity index (χ4n) is 2.27. The lowest BCUT2D eigenvalue weighted by Crippen LogP contribution is -1.89. The first-order chi connectivity index (χ1) is 11.1. The van der Waals surface area contributed by atoms with Gasteiger partial charge in [0.15, 0.2) is 0 Å². The maximum absolute atomic E-state index is 2.39. The predicted molar refractivity (Wildman–Crippen MR) is 108 cm³/mol. The number of aryl methyl sites for hydroxylation is 1. The smallest absolute Gasteiger partial charge is 0.0181 e. The molecular formula is C23H36. The van der Waals surface area contributed by atoms with Gasteiger partial charge in [-0.15, -0.1) is 0 Å². The van der Waals surface area contributed by atoms with E-state index in [1.807, 2.05) is 27.7 Å². The Hall–Kier alpha value is -1.56. The van der Waals surface area contributed by atoms with E-state index >= 15 is 0 Å². The standard InChI is InChI=1S/C19H24.2C2H6/c1-15(2)8-9-16(3)10-11-17-12-13-18-6-4-5-7-19(18)14-17;2*1-2/h4-7,9,12-15H,8,10-11H2,1-3H3;2*1-2H3/b16-9+;;. The molecule has 0 spiro atoms. The van der Waals surface area contributed by atoms with Crippen LogP contribution >= 0.6 is 0 Å². The highest BCUT2D eigenvalue weighted by Gasteiger charge is 1.98. The van der Waals surface area contributed by atoms with Crippen LogP contribution in [0.4, 0.5) is 0 Å². The maximum Gasteiger partial charge on any atom is -0.0181 e. The highest BCUT2D eigenvalue weighted by Crippen LogP contribution is 2.18. The van der Waals surface area contributed by atoms with Gasteiger partial charge >= 0.3 is 0 Å². The van der Waals surface area contributed by atoms with E-state index < -0.39 is 0 Å². The van der Waals surface area contributed by atoms with Crippen LogP contribution in [0.2, 0.25) is 0 Å². The van der Waals surface area contributed by atoms with Gasteiger partial charge in [-0.2, -0.15) is 0 Å². The number of allylic oxidation sites excluding steroid dienone is 2. The molecule has 0 bridgehead atoms. The van der Waals surface area contributed by atoms with Crippen molar-refractivity contribution >= 4 is 10.8 Å². The van der Waals surface area contributed by atoms with Gasteiger partial charge in [0.05, 0.1) is 0 Å². The minimum Gasteiger partial charge on any atom is -0.0853 e. The first-order valence-electron chi connectivity index (χ1n) is 9.28. The Kier molecular flexibility index (Phi) is 12.1. The van der Waals surface area contributed by atoms with Crippen LogP contribution in [-0.2, 0) is 6.42 Å². The molecule has 0 nitrogen and oxygen atoms in total. The van der Waals surface area contributed by atoms with E-state index in [4.69, 9.17) is 0 Å². The van der Waals surface area contributed by atoms with Crippen LogP contribution in [0.5, 0.6) is 0 Å². The topological polar surface area (TPSA) is 0 Å². The van der Waals surface area contributed by atoms with Gasteiger partial charge in [0, 0.05) is 0 Å². The monoisotopic (exact) mass is 312 g/mol. The second-order valence-electron chi connectivity index (χ2n) is 5.86. The van der Waals surface area contributed by atoms with E-state index in [0.29, 0.717) is 0 Å². The molecule has 0 amide bonds. The molecule has 128 valence electrons. The van der Waals surface area contributed by atoms with Crippen molar-refractivity contribution in [1.82, 2.24) is 0 Å². The lowest BCUT2D eigenvalue weighted by atomic mass is 10.0. The number of hydrogen-bond donors (Lipinski definition) is 0. The van der Waals surface area contributed by atoms with Gasteiger partial charge in [0.2, 0.25) is 0 Å². The van der Waals surface area contributed by atoms with Crippen LogP contribution in [0.1, 0.15) is 66.9 Å². The van der Waals surface area contributed by atoms with Gasteiger partial charge in [-0.3, -0.25) is 0 Å². The molecule has 0 aliphatic rings. The summed E-state index contributed by atoms with van der Waals surface area (Å²) < 4.78 is 0. The Balaban J connectivity index is 0.00000112. The maximum atomic E-state index is 2.39. The molecule has 2 rings (SSSR count). The summed E-state index contributed by atoms with van der Waals surface area (Å²) in [6, 6.07) is 15.4. The molecule has 0 radical (unpaired) electrons. The largest absolute Gasteiger partial charge is 0.0853 e. The Morgan fingerprint density at radius 2 is 1.52 bits per heavy atom. The Morgan fingerprint density at radius 1 is 0.913 bits per heavy atom. The van der Waals surface area contributed by atoms with Crippen molar-refractivity contribution in [2.24, 2.45) is 5.92 Å². The summed E-state index contributed by atoms with van der Waals surface area (Å²) in [5, 5.41) is 2.68. The Labute approximate surface area is 144 Å². The van der Waals surface area contributed by atoms with Gasteiger partial charge in [-0.25, -0.2) is 0 Å². The molecule has 2 aromatic rings. The molecule has 0 fully saturated rings. The lowest BCUT2D eigenvalue weighted by molar-refractivity contribution is 0.659. The van der Waals surface area contributed by atoms with Crippen molar-refractivity contribution in [2.75, 3.05) is 0 Å². The van der Waals surface area contributed by atoms with Crippen molar-refractivity contribution in [2.45, 2.75) is 67.7 Å². The summed E-state index contributed by atoms with van der Waals surface area (Å²) in [4.78, 5) is 0. The average Bonchev–Trinajstić information content (AvgIpc) is 2.61. The Morgan fingerprint density at radius 3 is 2.13 bits per heavy atom. The molecule has 0 aliphatic carbocycles. The molecule has 2 aromatic carbocycles. The van der Waals surface area contributed by atoms with Gasteiger partial charge in [0.25, 0.3) is 0 Å². The van der Waals surface area contributed by atoms with Gasteiger partial charge in [0.1, 0.15) is 0 Å². The molecule has 0 atom stereocenters. The van der Waals surface area contributed by atoms with Crippen LogP contribution in [0.15, 0.2) is 54.1 Å². The zero-order valence-corrected chi connectivity index (χ0v) is 16.3. The third-order valence-electron chi connectivity index (χ3n) is 3.56. The van der Waals surface area contributed by atoms with Crippen LogP contribution in [0, 0.1) is 5.92 Å². The number of rotatable bonds is 5. The summed E-state index contributed by atoms with van der Waals surface area (Å²) in [6.07, 6.45) is 5.91. The van der Waals surface area contributed by atoms with E-state index in [2.05, 4.69) is 69.3 Å². The van der Waals surface area contributed by atoms with Crippen molar-refractivity contribution in [1.29, 1.82) is 0 Å². The van der Waals surface area contributed by atoms with E-state index in [9.17, 15) is 0 Å². The second kappa shape index (κ2) is 12.9.